The van der Waals surface area contributed by atoms with E-state index in [-0.39, 0.29) is 5.78 Å². The lowest BCUT2D eigenvalue weighted by atomic mass is 9.97. The number of ketones is 1. The van der Waals surface area contributed by atoms with Gasteiger partial charge in [-0.1, -0.05) is 38.1 Å². The lowest BCUT2D eigenvalue weighted by Crippen LogP contribution is -1.99. The van der Waals surface area contributed by atoms with Crippen LogP contribution in [0.4, 0.5) is 0 Å². The molecule has 20 heavy (non-hydrogen) atoms. The Bertz CT molecular complexity index is 705. The van der Waals surface area contributed by atoms with Crippen molar-refractivity contribution in [1.82, 2.24) is 0 Å². The van der Waals surface area contributed by atoms with Gasteiger partial charge in [-0.15, -0.1) is 22.7 Å². The van der Waals surface area contributed by atoms with Crippen LogP contribution in [-0.2, 0) is 0 Å². The van der Waals surface area contributed by atoms with Gasteiger partial charge in [-0.3, -0.25) is 4.79 Å². The number of hydrogen-bond acceptors (Lipinski definition) is 3. The molecular weight excluding hydrogens is 284 g/mol. The summed E-state index contributed by atoms with van der Waals surface area (Å²) in [5.41, 5.74) is 2.09. The van der Waals surface area contributed by atoms with Crippen LogP contribution >= 0.6 is 22.7 Å². The highest BCUT2D eigenvalue weighted by atomic mass is 32.1. The molecule has 0 amide bonds. The molecule has 3 heteroatoms. The number of carbonyl (C=O) groups is 1. The Hall–Kier alpha value is -1.45. The van der Waals surface area contributed by atoms with E-state index in [0.717, 1.165) is 16.9 Å². The number of hydrogen-bond donors (Lipinski definition) is 0. The first-order valence-corrected chi connectivity index (χ1v) is 8.50. The van der Waals surface area contributed by atoms with Crippen molar-refractivity contribution in [3.8, 4) is 0 Å². The molecule has 0 aliphatic carbocycles. The first-order chi connectivity index (χ1) is 9.69. The molecule has 3 aromatic rings. The van der Waals surface area contributed by atoms with Crippen LogP contribution in [0.15, 0.2) is 41.8 Å². The van der Waals surface area contributed by atoms with E-state index < -0.39 is 0 Å². The molecule has 0 saturated heterocycles. The summed E-state index contributed by atoms with van der Waals surface area (Å²) in [5.74, 6) is 0.681. The van der Waals surface area contributed by atoms with Crippen LogP contribution in [0.1, 0.15) is 47.0 Å². The average molecular weight is 300 g/mol. The van der Waals surface area contributed by atoms with Gasteiger partial charge in [-0.25, -0.2) is 0 Å². The molecule has 0 fully saturated rings. The molecule has 1 nitrogen and oxygen atoms in total. The second-order valence-electron chi connectivity index (χ2n) is 5.02. The Morgan fingerprint density at radius 1 is 1.15 bits per heavy atom. The van der Waals surface area contributed by atoms with Crippen molar-refractivity contribution in [3.63, 3.8) is 0 Å². The van der Waals surface area contributed by atoms with E-state index in [4.69, 9.17) is 0 Å². The number of rotatable bonds is 4. The third-order valence-corrected chi connectivity index (χ3v) is 5.81. The van der Waals surface area contributed by atoms with Crippen molar-refractivity contribution >= 4 is 37.9 Å². The average Bonchev–Trinajstić information content (AvgIpc) is 3.07. The quantitative estimate of drug-likeness (QED) is 0.564. The Balaban J connectivity index is 1.88. The first kappa shape index (κ1) is 13.5. The Labute approximate surface area is 126 Å². The molecule has 0 saturated carbocycles. The molecule has 0 aliphatic rings. The molecule has 1 atom stereocenters. The number of thiophene rings is 2. The molecule has 2 heterocycles. The van der Waals surface area contributed by atoms with Gasteiger partial charge in [0.1, 0.15) is 0 Å². The lowest BCUT2D eigenvalue weighted by Gasteiger charge is -2.09. The summed E-state index contributed by atoms with van der Waals surface area (Å²) < 4.78 is 2.41. The molecule has 0 N–H and O–H groups in total. The molecule has 0 radical (unpaired) electrons. The molecular formula is C17H16OS2. The second-order valence-corrected chi connectivity index (χ2v) is 7.05. The van der Waals surface area contributed by atoms with Crippen LogP contribution in [0.25, 0.3) is 9.40 Å². The van der Waals surface area contributed by atoms with E-state index in [2.05, 4.69) is 37.4 Å². The first-order valence-electron chi connectivity index (χ1n) is 6.80. The normalized spacial score (nSPS) is 12.7. The molecule has 1 unspecified atom stereocenters. The lowest BCUT2D eigenvalue weighted by molar-refractivity contribution is 0.104. The highest BCUT2D eigenvalue weighted by Gasteiger charge is 2.13. The third-order valence-electron chi connectivity index (χ3n) is 3.72. The molecule has 1 aromatic carbocycles. The summed E-state index contributed by atoms with van der Waals surface area (Å²) >= 11 is 3.27. The van der Waals surface area contributed by atoms with E-state index in [1.165, 1.54) is 15.0 Å². The summed E-state index contributed by atoms with van der Waals surface area (Å²) in [5, 5.41) is 2.07. The van der Waals surface area contributed by atoms with Crippen LogP contribution in [0.3, 0.4) is 0 Å². The van der Waals surface area contributed by atoms with Crippen molar-refractivity contribution in [1.29, 1.82) is 0 Å². The summed E-state index contributed by atoms with van der Waals surface area (Å²) in [4.78, 5) is 13.3. The SMILES string of the molecule is CCC(C)c1ccc(C(=O)c2cc3sccc3s2)cc1. The van der Waals surface area contributed by atoms with Gasteiger partial charge in [-0.05, 0) is 35.4 Å². The summed E-state index contributed by atoms with van der Waals surface area (Å²) in [6, 6.07) is 12.2. The van der Waals surface area contributed by atoms with Gasteiger partial charge >= 0.3 is 0 Å². The van der Waals surface area contributed by atoms with Crippen LogP contribution in [0, 0.1) is 0 Å². The fourth-order valence-electron chi connectivity index (χ4n) is 2.22. The minimum Gasteiger partial charge on any atom is -0.288 e. The monoisotopic (exact) mass is 300 g/mol. The third kappa shape index (κ3) is 2.43. The zero-order valence-corrected chi connectivity index (χ0v) is 13.2. The molecule has 0 bridgehead atoms. The van der Waals surface area contributed by atoms with E-state index in [9.17, 15) is 4.79 Å². The molecule has 102 valence electrons. The number of fused-ring (bicyclic) bond motifs is 1. The highest BCUT2D eigenvalue weighted by Crippen LogP contribution is 2.31. The van der Waals surface area contributed by atoms with E-state index in [1.54, 1.807) is 22.7 Å². The maximum absolute atomic E-state index is 12.5. The molecule has 3 rings (SSSR count). The predicted octanol–water partition coefficient (Wildman–Crippen LogP) is 5.71. The largest absolute Gasteiger partial charge is 0.288 e. The zero-order valence-electron chi connectivity index (χ0n) is 11.6. The fourth-order valence-corrected chi connectivity index (χ4v) is 4.29. The second kappa shape index (κ2) is 5.51. The number of benzene rings is 1. The maximum Gasteiger partial charge on any atom is 0.203 e. The molecule has 0 spiro atoms. The topological polar surface area (TPSA) is 17.1 Å². The van der Waals surface area contributed by atoms with Crippen LogP contribution in [0.5, 0.6) is 0 Å². The zero-order chi connectivity index (χ0) is 14.1. The summed E-state index contributed by atoms with van der Waals surface area (Å²) in [7, 11) is 0. The van der Waals surface area contributed by atoms with E-state index in [1.807, 2.05) is 18.2 Å². The van der Waals surface area contributed by atoms with Gasteiger partial charge < -0.3 is 0 Å². The maximum atomic E-state index is 12.5. The van der Waals surface area contributed by atoms with E-state index >= 15 is 0 Å². The highest BCUT2D eigenvalue weighted by molar-refractivity contribution is 7.28. The summed E-state index contributed by atoms with van der Waals surface area (Å²) in [6.07, 6.45) is 1.12. The Morgan fingerprint density at radius 3 is 2.55 bits per heavy atom. The van der Waals surface area contributed by atoms with Crippen molar-refractivity contribution < 1.29 is 4.79 Å². The van der Waals surface area contributed by atoms with Gasteiger partial charge in [0.15, 0.2) is 0 Å². The standard InChI is InChI=1S/C17H16OS2/c1-3-11(2)12-4-6-13(7-5-12)17(18)16-10-15-14(20-16)8-9-19-15/h4-11H,3H2,1-2H3. The molecule has 2 aromatic heterocycles. The fraction of sp³-hybridized carbons (Fsp3) is 0.235. The minimum atomic E-state index is 0.133. The van der Waals surface area contributed by atoms with Crippen molar-refractivity contribution in [3.05, 3.63) is 57.8 Å². The number of carbonyl (C=O) groups excluding carboxylic acids is 1. The van der Waals surface area contributed by atoms with Crippen LogP contribution < -0.4 is 0 Å². The van der Waals surface area contributed by atoms with Gasteiger partial charge in [0.2, 0.25) is 5.78 Å². The van der Waals surface area contributed by atoms with Gasteiger partial charge in [0, 0.05) is 15.0 Å². The Kier molecular flexibility index (Phi) is 3.72. The van der Waals surface area contributed by atoms with Gasteiger partial charge in [0.05, 0.1) is 4.88 Å². The van der Waals surface area contributed by atoms with E-state index in [0.29, 0.717) is 5.92 Å². The minimum absolute atomic E-state index is 0.133. The Morgan fingerprint density at radius 2 is 1.90 bits per heavy atom. The predicted molar refractivity (Wildman–Crippen MR) is 88.3 cm³/mol. The van der Waals surface area contributed by atoms with Gasteiger partial charge in [0.25, 0.3) is 0 Å². The van der Waals surface area contributed by atoms with Crippen molar-refractivity contribution in [2.75, 3.05) is 0 Å². The smallest absolute Gasteiger partial charge is 0.203 e. The molecule has 0 aliphatic heterocycles. The van der Waals surface area contributed by atoms with Gasteiger partial charge in [-0.2, -0.15) is 0 Å². The summed E-state index contributed by atoms with van der Waals surface area (Å²) in [6.45, 7) is 4.40. The van der Waals surface area contributed by atoms with Crippen LogP contribution in [0.2, 0.25) is 0 Å². The van der Waals surface area contributed by atoms with Crippen molar-refractivity contribution in [2.45, 2.75) is 26.2 Å². The van der Waals surface area contributed by atoms with Crippen LogP contribution in [-0.4, -0.2) is 5.78 Å². The van der Waals surface area contributed by atoms with Crippen molar-refractivity contribution in [2.24, 2.45) is 0 Å².